The third-order valence-corrected chi connectivity index (χ3v) is 8.70. The van der Waals surface area contributed by atoms with E-state index in [4.69, 9.17) is 0 Å². The molecule has 1 atom stereocenters. The second-order valence-electron chi connectivity index (χ2n) is 5.88. The Labute approximate surface area is 111 Å². The van der Waals surface area contributed by atoms with Crippen molar-refractivity contribution in [2.45, 2.75) is 63.4 Å². The van der Waals surface area contributed by atoms with Crippen molar-refractivity contribution >= 4 is 7.14 Å². The first-order valence-corrected chi connectivity index (χ1v) is 9.28. The second kappa shape index (κ2) is 6.06. The number of hydrogen-bond acceptors (Lipinski definition) is 1. The van der Waals surface area contributed by atoms with E-state index in [1.807, 2.05) is 6.07 Å². The number of hydrogen-bond donors (Lipinski definition) is 0. The quantitative estimate of drug-likeness (QED) is 0.675. The highest BCUT2D eigenvalue weighted by Gasteiger charge is 2.36. The minimum Gasteiger partial charge on any atom is -0.323 e. The van der Waals surface area contributed by atoms with Crippen LogP contribution in [0, 0.1) is 0 Å². The first kappa shape index (κ1) is 13.9. The summed E-state index contributed by atoms with van der Waals surface area (Å²) in [5, 5.41) is 0. The SMILES string of the molecule is CC(C)P(=O)(Cc1ccccc1)C1CCCCC1. The molecule has 1 unspecified atom stereocenters. The van der Waals surface area contributed by atoms with Gasteiger partial charge in [-0.25, -0.2) is 0 Å². The van der Waals surface area contributed by atoms with Crippen LogP contribution in [-0.4, -0.2) is 11.3 Å². The van der Waals surface area contributed by atoms with Crippen LogP contribution in [0.3, 0.4) is 0 Å². The van der Waals surface area contributed by atoms with Gasteiger partial charge in [0.05, 0.1) is 7.14 Å². The number of rotatable bonds is 4. The zero-order valence-corrected chi connectivity index (χ0v) is 12.5. The first-order chi connectivity index (χ1) is 8.63. The summed E-state index contributed by atoms with van der Waals surface area (Å²) in [5.74, 6) is 0. The molecule has 0 amide bonds. The molecule has 1 aliphatic carbocycles. The van der Waals surface area contributed by atoms with Gasteiger partial charge in [-0.1, -0.05) is 63.4 Å². The van der Waals surface area contributed by atoms with Crippen LogP contribution in [0.1, 0.15) is 51.5 Å². The van der Waals surface area contributed by atoms with Crippen LogP contribution in [0.4, 0.5) is 0 Å². The summed E-state index contributed by atoms with van der Waals surface area (Å²) in [6.07, 6.45) is 7.05. The maximum absolute atomic E-state index is 13.4. The molecule has 1 aromatic rings. The molecular formula is C16H25OP. The van der Waals surface area contributed by atoms with Crippen LogP contribution in [-0.2, 0) is 10.7 Å². The van der Waals surface area contributed by atoms with Gasteiger partial charge in [0.25, 0.3) is 0 Å². The van der Waals surface area contributed by atoms with Gasteiger partial charge in [0.2, 0.25) is 0 Å². The van der Waals surface area contributed by atoms with Crippen LogP contribution in [0.15, 0.2) is 30.3 Å². The molecule has 1 aromatic carbocycles. The Balaban J connectivity index is 2.18. The lowest BCUT2D eigenvalue weighted by molar-refractivity contribution is 0.477. The Morgan fingerprint density at radius 1 is 1.11 bits per heavy atom. The predicted molar refractivity (Wildman–Crippen MR) is 79.8 cm³/mol. The topological polar surface area (TPSA) is 17.1 Å². The fourth-order valence-corrected chi connectivity index (χ4v) is 6.61. The van der Waals surface area contributed by atoms with Crippen molar-refractivity contribution in [1.82, 2.24) is 0 Å². The molecule has 100 valence electrons. The van der Waals surface area contributed by atoms with E-state index >= 15 is 0 Å². The summed E-state index contributed by atoms with van der Waals surface area (Å²) >= 11 is 0. The Bertz CT molecular complexity index is 404. The zero-order chi connectivity index (χ0) is 13.0. The van der Waals surface area contributed by atoms with E-state index in [1.165, 1.54) is 37.7 Å². The standard InChI is InChI=1S/C16H25OP/c1-14(2)18(17,16-11-7-4-8-12-16)13-15-9-5-3-6-10-15/h3,5-6,9-10,14,16H,4,7-8,11-13H2,1-2H3. The van der Waals surface area contributed by atoms with E-state index in [0.717, 1.165) is 6.16 Å². The van der Waals surface area contributed by atoms with Crippen molar-refractivity contribution in [3.8, 4) is 0 Å². The summed E-state index contributed by atoms with van der Waals surface area (Å²) in [5.41, 5.74) is 2.05. The Kier molecular flexibility index (Phi) is 4.67. The van der Waals surface area contributed by atoms with Crippen molar-refractivity contribution in [3.63, 3.8) is 0 Å². The molecule has 1 saturated carbocycles. The van der Waals surface area contributed by atoms with Crippen molar-refractivity contribution in [1.29, 1.82) is 0 Å². The Morgan fingerprint density at radius 2 is 1.72 bits per heavy atom. The van der Waals surface area contributed by atoms with Crippen LogP contribution in [0.2, 0.25) is 0 Å². The maximum atomic E-state index is 13.4. The van der Waals surface area contributed by atoms with Crippen molar-refractivity contribution in [2.24, 2.45) is 0 Å². The minimum atomic E-state index is -2.09. The molecular weight excluding hydrogens is 239 g/mol. The highest BCUT2D eigenvalue weighted by Crippen LogP contribution is 2.61. The molecule has 0 aliphatic heterocycles. The maximum Gasteiger partial charge on any atom is 0.0972 e. The first-order valence-electron chi connectivity index (χ1n) is 7.25. The lowest BCUT2D eigenvalue weighted by atomic mass is 10.0. The van der Waals surface area contributed by atoms with Gasteiger partial charge >= 0.3 is 0 Å². The summed E-state index contributed by atoms with van der Waals surface area (Å²) in [6, 6.07) is 10.4. The van der Waals surface area contributed by atoms with Gasteiger partial charge in [-0.05, 0) is 18.4 Å². The van der Waals surface area contributed by atoms with Gasteiger partial charge in [-0.2, -0.15) is 0 Å². The summed E-state index contributed by atoms with van der Waals surface area (Å²) in [6.45, 7) is 4.30. The molecule has 0 N–H and O–H groups in total. The van der Waals surface area contributed by atoms with Crippen LogP contribution < -0.4 is 0 Å². The minimum absolute atomic E-state index is 0.320. The molecule has 0 radical (unpaired) electrons. The Morgan fingerprint density at radius 3 is 2.28 bits per heavy atom. The van der Waals surface area contributed by atoms with E-state index in [-0.39, 0.29) is 0 Å². The fraction of sp³-hybridized carbons (Fsp3) is 0.625. The summed E-state index contributed by atoms with van der Waals surface area (Å²) in [4.78, 5) is 0. The van der Waals surface area contributed by atoms with E-state index in [9.17, 15) is 4.57 Å². The van der Waals surface area contributed by atoms with Gasteiger partial charge < -0.3 is 4.57 Å². The van der Waals surface area contributed by atoms with Gasteiger partial charge in [0, 0.05) is 17.5 Å². The van der Waals surface area contributed by atoms with Gasteiger partial charge in [-0.15, -0.1) is 0 Å². The molecule has 0 aromatic heterocycles. The predicted octanol–water partition coefficient (Wildman–Crippen LogP) is 5.29. The largest absolute Gasteiger partial charge is 0.323 e. The van der Waals surface area contributed by atoms with Crippen molar-refractivity contribution in [2.75, 3.05) is 0 Å². The third kappa shape index (κ3) is 3.06. The monoisotopic (exact) mass is 264 g/mol. The van der Waals surface area contributed by atoms with Gasteiger partial charge in [0.15, 0.2) is 0 Å². The lowest BCUT2D eigenvalue weighted by Gasteiger charge is -2.33. The van der Waals surface area contributed by atoms with Crippen LogP contribution in [0.5, 0.6) is 0 Å². The molecule has 0 spiro atoms. The van der Waals surface area contributed by atoms with Crippen LogP contribution in [0.25, 0.3) is 0 Å². The highest BCUT2D eigenvalue weighted by atomic mass is 31.2. The van der Waals surface area contributed by atoms with Gasteiger partial charge in [0.1, 0.15) is 0 Å². The molecule has 0 heterocycles. The average molecular weight is 264 g/mol. The van der Waals surface area contributed by atoms with Crippen molar-refractivity contribution < 1.29 is 4.57 Å². The molecule has 1 aliphatic rings. The zero-order valence-electron chi connectivity index (χ0n) is 11.6. The summed E-state index contributed by atoms with van der Waals surface area (Å²) < 4.78 is 13.4. The van der Waals surface area contributed by atoms with Crippen molar-refractivity contribution in [3.05, 3.63) is 35.9 Å². The fourth-order valence-electron chi connectivity index (χ4n) is 3.12. The molecule has 2 heteroatoms. The molecule has 1 fully saturated rings. The van der Waals surface area contributed by atoms with E-state index in [0.29, 0.717) is 11.3 Å². The number of benzene rings is 1. The molecule has 18 heavy (non-hydrogen) atoms. The molecule has 0 saturated heterocycles. The van der Waals surface area contributed by atoms with Gasteiger partial charge in [-0.3, -0.25) is 0 Å². The normalized spacial score (nSPS) is 20.8. The van der Waals surface area contributed by atoms with E-state index < -0.39 is 7.14 Å². The van der Waals surface area contributed by atoms with E-state index in [1.54, 1.807) is 0 Å². The van der Waals surface area contributed by atoms with Crippen LogP contribution >= 0.6 is 7.14 Å². The molecule has 2 rings (SSSR count). The summed E-state index contributed by atoms with van der Waals surface area (Å²) in [7, 11) is -2.09. The third-order valence-electron chi connectivity index (χ3n) is 4.34. The smallest absolute Gasteiger partial charge is 0.0972 e. The molecule has 1 nitrogen and oxygen atoms in total. The highest BCUT2D eigenvalue weighted by molar-refractivity contribution is 7.64. The lowest BCUT2D eigenvalue weighted by Crippen LogP contribution is -2.19. The van der Waals surface area contributed by atoms with E-state index in [2.05, 4.69) is 38.1 Å². The average Bonchev–Trinajstić information content (AvgIpc) is 2.40. The second-order valence-corrected chi connectivity index (χ2v) is 9.67. The molecule has 0 bridgehead atoms. The Hall–Kier alpha value is -0.550.